The molecule has 0 saturated heterocycles. The fraction of sp³-hybridized carbons (Fsp3) is 0.118. The number of anilines is 5. The van der Waals surface area contributed by atoms with Crippen molar-refractivity contribution in [2.75, 3.05) is 16.0 Å². The van der Waals surface area contributed by atoms with Crippen molar-refractivity contribution in [2.24, 2.45) is 0 Å². The largest absolute Gasteiger partial charge is 1.00 e. The number of hydrogen-bond acceptors (Lipinski definition) is 11. The van der Waals surface area contributed by atoms with Crippen molar-refractivity contribution < 1.29 is 65.1 Å². The van der Waals surface area contributed by atoms with Gasteiger partial charge in [-0.3, -0.25) is 4.79 Å². The number of rotatable bonds is 12. The van der Waals surface area contributed by atoms with E-state index in [0.29, 0.717) is 39.5 Å². The summed E-state index contributed by atoms with van der Waals surface area (Å²) in [5.41, 5.74) is 10.0. The molecule has 12 nitrogen and oxygen atoms in total. The maximum Gasteiger partial charge on any atom is 1.00 e. The number of isocyanates is 1. The Morgan fingerprint density at radius 3 is 1.71 bits per heavy atom. The number of nitrogens with one attached hydrogen (secondary N) is 4. The van der Waals surface area contributed by atoms with Gasteiger partial charge in [0, 0.05) is 28.7 Å². The molecule has 0 aliphatic carbocycles. The van der Waals surface area contributed by atoms with E-state index in [2.05, 4.69) is 28.1 Å². The second-order valence-corrected chi connectivity index (χ2v) is 18.1. The zero-order valence-electron chi connectivity index (χ0n) is 37.4. The van der Waals surface area contributed by atoms with Crippen molar-refractivity contribution in [3.8, 4) is 11.1 Å². The smallest absolute Gasteiger partial charge is 0.744 e. The Morgan fingerprint density at radius 2 is 1.12 bits per heavy atom. The van der Waals surface area contributed by atoms with Crippen LogP contribution >= 0.6 is 0 Å². The van der Waals surface area contributed by atoms with Gasteiger partial charge in [0.05, 0.1) is 44.4 Å². The molecular formula is C51H45N4NaO8S2. The van der Waals surface area contributed by atoms with Crippen LogP contribution in [0.4, 0.5) is 28.4 Å². The minimum Gasteiger partial charge on any atom is -0.744 e. The summed E-state index contributed by atoms with van der Waals surface area (Å²) in [6.45, 7) is 11.0. The van der Waals surface area contributed by atoms with Crippen molar-refractivity contribution in [3.63, 3.8) is 0 Å². The van der Waals surface area contributed by atoms with Crippen LogP contribution in [-0.4, -0.2) is 37.9 Å². The number of aryl methyl sites for hydroxylation is 5. The fourth-order valence-corrected chi connectivity index (χ4v) is 9.76. The first-order valence-electron chi connectivity index (χ1n) is 20.2. The molecule has 7 rings (SSSR count). The molecule has 0 bridgehead atoms. The van der Waals surface area contributed by atoms with Crippen LogP contribution in [0.2, 0.25) is 0 Å². The first kappa shape index (κ1) is 50.7. The number of carbonyl (C=O) groups excluding carboxylic acids is 2. The Hall–Kier alpha value is -6.32. The molecule has 0 heterocycles. The van der Waals surface area contributed by atoms with Crippen LogP contribution in [0.15, 0.2) is 149 Å². The Kier molecular flexibility index (Phi) is 16.4. The van der Waals surface area contributed by atoms with Gasteiger partial charge in [0.2, 0.25) is 6.08 Å². The maximum atomic E-state index is 14.4. The summed E-state index contributed by atoms with van der Waals surface area (Å²) in [6.07, 6.45) is 0.750. The van der Waals surface area contributed by atoms with E-state index >= 15 is 0 Å². The molecule has 0 radical (unpaired) electrons. The van der Waals surface area contributed by atoms with Crippen LogP contribution in [0.5, 0.6) is 0 Å². The Bertz CT molecular complexity index is 3170. The predicted molar refractivity (Wildman–Crippen MR) is 252 cm³/mol. The molecule has 1 amide bonds. The standard InChI is InChI=1S/C50H45N3O7S2.CHNO.Na/c1-30-25-31(2)47(32(3)26-30)52-43-23-21-37(28-41(43)36-15-9-7-10-16-36)46(40-19-13-14-20-45(40)61(55,56)57)38-22-24-44(42(29-38)50(54)51-39-17-11-8-12-18-39)53-48-33(4)27-34(5)49(35(48)6)62(58,59)60;2-1-3;/h7-29,52H,1-6H3,(H3-,51,53,54,55,56,57,58,59,60);2H;/q;;+1/p-1. The molecule has 0 saturated carbocycles. The number of amides is 1. The molecule has 7 aromatic rings. The Morgan fingerprint density at radius 1 is 0.606 bits per heavy atom. The van der Waals surface area contributed by atoms with Crippen LogP contribution in [0.3, 0.4) is 0 Å². The van der Waals surface area contributed by atoms with E-state index < -0.39 is 31.0 Å². The van der Waals surface area contributed by atoms with E-state index in [1.807, 2.05) is 75.4 Å². The summed E-state index contributed by atoms with van der Waals surface area (Å²) in [6, 6.07) is 40.9. The molecule has 0 aromatic heterocycles. The van der Waals surface area contributed by atoms with E-state index in [1.165, 1.54) is 19.1 Å². The average molecular weight is 929 g/mol. The third kappa shape index (κ3) is 11.5. The molecule has 0 unspecified atom stereocenters. The van der Waals surface area contributed by atoms with E-state index in [-0.39, 0.29) is 56.8 Å². The number of para-hydroxylation sites is 1. The van der Waals surface area contributed by atoms with Gasteiger partial charge in [0.25, 0.3) is 5.91 Å². The molecule has 7 aromatic carbocycles. The van der Waals surface area contributed by atoms with E-state index in [1.54, 1.807) is 74.5 Å². The zero-order chi connectivity index (χ0) is 47.2. The zero-order valence-corrected chi connectivity index (χ0v) is 41.0. The molecule has 0 aliphatic rings. The first-order valence-corrected chi connectivity index (χ1v) is 23.0. The molecule has 0 fully saturated rings. The average Bonchev–Trinajstić information content (AvgIpc) is 3.24. The third-order valence-electron chi connectivity index (χ3n) is 10.8. The van der Waals surface area contributed by atoms with Crippen LogP contribution in [0, 0.1) is 52.9 Å². The van der Waals surface area contributed by atoms with Crippen LogP contribution in [0.25, 0.3) is 11.1 Å². The van der Waals surface area contributed by atoms with Crippen LogP contribution in [0.1, 0.15) is 60.4 Å². The molecule has 15 heteroatoms. The minimum atomic E-state index is -5.01. The second kappa shape index (κ2) is 21.3. The topological polar surface area (TPSA) is 208 Å². The second-order valence-electron chi connectivity index (χ2n) is 15.5. The van der Waals surface area contributed by atoms with Crippen molar-refractivity contribution in [1.29, 1.82) is 5.41 Å². The number of carbonyl (C=O) groups is 1. The maximum absolute atomic E-state index is 14.4. The summed E-state index contributed by atoms with van der Waals surface area (Å²) in [4.78, 5) is 22.0. The quantitative estimate of drug-likeness (QED) is 0.0235. The fourth-order valence-electron chi connectivity index (χ4n) is 8.14. The van der Waals surface area contributed by atoms with Gasteiger partial charge in [-0.2, -0.15) is 0 Å². The molecule has 330 valence electrons. The van der Waals surface area contributed by atoms with Crippen LogP contribution in [-0.2, 0) is 25.0 Å². The Balaban J connectivity index is 0.00000199. The third-order valence-corrected chi connectivity index (χ3v) is 12.8. The van der Waals surface area contributed by atoms with E-state index in [0.717, 1.165) is 45.3 Å². The summed E-state index contributed by atoms with van der Waals surface area (Å²) >= 11 is 0. The van der Waals surface area contributed by atoms with Gasteiger partial charge in [0.1, 0.15) is 25.1 Å². The summed E-state index contributed by atoms with van der Waals surface area (Å²) in [7, 11) is -9.87. The summed E-state index contributed by atoms with van der Waals surface area (Å²) in [5.74, 6) is -0.189. The van der Waals surface area contributed by atoms with Crippen molar-refractivity contribution in [3.05, 3.63) is 201 Å². The molecule has 66 heavy (non-hydrogen) atoms. The normalized spacial score (nSPS) is 11.0. The molecule has 0 spiro atoms. The van der Waals surface area contributed by atoms with Gasteiger partial charge in [-0.05, 0) is 142 Å². The van der Waals surface area contributed by atoms with Crippen LogP contribution < -0.4 is 45.5 Å². The van der Waals surface area contributed by atoms with Crippen molar-refractivity contribution in [2.45, 2.75) is 51.3 Å². The molecule has 0 atom stereocenters. The predicted octanol–water partition coefficient (Wildman–Crippen LogP) is 7.68. The monoisotopic (exact) mass is 928 g/mol. The summed E-state index contributed by atoms with van der Waals surface area (Å²) in [5, 5.41) is 15.2. The van der Waals surface area contributed by atoms with Gasteiger partial charge in [-0.25, -0.2) is 27.0 Å². The molecule has 4 N–H and O–H groups in total. The van der Waals surface area contributed by atoms with E-state index in [4.69, 9.17) is 10.2 Å². The minimum absolute atomic E-state index is 0. The van der Waals surface area contributed by atoms with E-state index in [9.17, 15) is 30.7 Å². The van der Waals surface area contributed by atoms with Gasteiger partial charge in [-0.15, -0.1) is 0 Å². The van der Waals surface area contributed by atoms with Gasteiger partial charge in [-0.1, -0.05) is 72.3 Å². The first-order chi connectivity index (χ1) is 30.8. The van der Waals surface area contributed by atoms with Gasteiger partial charge >= 0.3 is 29.6 Å². The molecule has 0 aliphatic heterocycles. The van der Waals surface area contributed by atoms with Crippen molar-refractivity contribution in [1.82, 2.24) is 0 Å². The number of hydrogen-bond donors (Lipinski definition) is 4. The summed E-state index contributed by atoms with van der Waals surface area (Å²) < 4.78 is 76.1. The SMILES string of the molecule is Cc1cc(C)c(Nc2ccc([C+](c3ccc(Nc4c(C)cc(C)c(S(=O)(=O)[O-])c4C)c(C(=O)Nc4ccccc4)c3)c3ccccc3S(=O)(=O)[O-])cc2-c2ccccc2)c(C)c1.N=C=O.[Na+]. The Labute approximate surface area is 407 Å². The van der Waals surface area contributed by atoms with Gasteiger partial charge < -0.3 is 25.1 Å². The van der Waals surface area contributed by atoms with Crippen molar-refractivity contribution >= 4 is 60.7 Å². The molecular weight excluding hydrogens is 884 g/mol. The van der Waals surface area contributed by atoms with Gasteiger partial charge in [0.15, 0.2) is 0 Å². The number of benzene rings is 7.